The Bertz CT molecular complexity index is 104. The summed E-state index contributed by atoms with van der Waals surface area (Å²) in [5.41, 5.74) is 0. The Kier molecular flexibility index (Phi) is 292. The summed E-state index contributed by atoms with van der Waals surface area (Å²) in [5, 5.41) is 0. The summed E-state index contributed by atoms with van der Waals surface area (Å²) in [6.07, 6.45) is 1.52. The van der Waals surface area contributed by atoms with Crippen LogP contribution in [0.1, 0.15) is 12.8 Å². The molecule has 1 heterocycles. The maximum atomic E-state index is 10.6. The number of nitrogens with zero attached hydrogens (tertiary/aromatic N) is 1. The molecule has 0 saturated carbocycles. The van der Waals surface area contributed by atoms with E-state index < -0.39 is 0 Å². The van der Waals surface area contributed by atoms with Crippen LogP contribution in [0.25, 0.3) is 0 Å². The number of rotatable bonds is 0. The van der Waals surface area contributed by atoms with E-state index in [9.17, 15) is 4.79 Å². The molecule has 0 atom stereocenters. The predicted molar refractivity (Wildman–Crippen MR) is 87.0 cm³/mol. The molecular weight excluding hydrogens is 256 g/mol. The molecule has 19 heavy (non-hydrogen) atoms. The van der Waals surface area contributed by atoms with Gasteiger partial charge in [-0.15, -0.1) is 0 Å². The van der Waals surface area contributed by atoms with Crippen LogP contribution in [0, 0.1) is 0 Å². The smallest absolute Gasteiger partial charge is 0.135 e. The van der Waals surface area contributed by atoms with Crippen molar-refractivity contribution in [1.29, 1.82) is 0 Å². The summed E-state index contributed by atoms with van der Waals surface area (Å²) >= 11 is 0. The molecule has 13 nitrogen and oxygen atoms in total. The van der Waals surface area contributed by atoms with E-state index in [4.69, 9.17) is 0 Å². The average molecular weight is 301 g/mol. The molecule has 0 aliphatic carbocycles. The lowest BCUT2D eigenvalue weighted by molar-refractivity contribution is -0.121. The summed E-state index contributed by atoms with van der Waals surface area (Å²) in [4.78, 5) is 12.8. The van der Waals surface area contributed by atoms with Crippen LogP contribution in [-0.4, -0.2) is 30.8 Å². The molecule has 0 aromatic carbocycles. The van der Waals surface area contributed by atoms with E-state index in [1.165, 1.54) is 0 Å². The molecule has 1 rings (SSSR count). The van der Waals surface area contributed by atoms with E-state index in [2.05, 4.69) is 4.90 Å². The zero-order valence-electron chi connectivity index (χ0n) is 13.0. The molecule has 1 aliphatic heterocycles. The number of ketones is 1. The first kappa shape index (κ1) is 104. The Balaban J connectivity index is -0.00000000646. The van der Waals surface area contributed by atoms with E-state index in [1.807, 2.05) is 7.05 Å². The first-order valence-electron chi connectivity index (χ1n) is 2.99. The number of hydrogen-bond acceptors (Lipinski definition) is 13. The average Bonchev–Trinajstić information content (AvgIpc) is 1.77. The summed E-state index contributed by atoms with van der Waals surface area (Å²) in [6, 6.07) is 0. The first-order valence-corrected chi connectivity index (χ1v) is 2.99. The SMILES string of the molecule is CN1CCC(=O)CC1.N.N.N.N.N.N.N.N.N.N.N. The number of carbonyl (C=O) groups excluding carboxylic acids is 1. The van der Waals surface area contributed by atoms with Crippen LogP contribution in [-0.2, 0) is 4.79 Å². The highest BCUT2D eigenvalue weighted by Crippen LogP contribution is 2.01. The largest absolute Gasteiger partial charge is 0.344 e. The monoisotopic (exact) mass is 300 g/mol. The maximum absolute atomic E-state index is 10.6. The zero-order valence-corrected chi connectivity index (χ0v) is 13.0. The molecule has 134 valence electrons. The number of piperidine rings is 1. The van der Waals surface area contributed by atoms with Crippen molar-refractivity contribution in [2.75, 3.05) is 20.1 Å². The summed E-state index contributed by atoms with van der Waals surface area (Å²) < 4.78 is 0. The van der Waals surface area contributed by atoms with Gasteiger partial charge in [0.1, 0.15) is 5.78 Å². The number of hydrogen-bond donors (Lipinski definition) is 11. The normalized spacial score (nSPS) is 10.1. The third-order valence-electron chi connectivity index (χ3n) is 1.54. The fourth-order valence-corrected chi connectivity index (χ4v) is 0.868. The molecule has 0 unspecified atom stereocenters. The Morgan fingerprint density at radius 1 is 0.632 bits per heavy atom. The number of carbonyl (C=O) groups is 1. The van der Waals surface area contributed by atoms with E-state index in [0.29, 0.717) is 5.78 Å². The van der Waals surface area contributed by atoms with Gasteiger partial charge in [-0.25, -0.2) is 0 Å². The minimum absolute atomic E-state index is 0. The van der Waals surface area contributed by atoms with Crippen LogP contribution >= 0.6 is 0 Å². The molecule has 0 spiro atoms. The van der Waals surface area contributed by atoms with Gasteiger partial charge in [-0.1, -0.05) is 0 Å². The minimum Gasteiger partial charge on any atom is -0.344 e. The van der Waals surface area contributed by atoms with Crippen LogP contribution in [0.3, 0.4) is 0 Å². The third-order valence-corrected chi connectivity index (χ3v) is 1.54. The summed E-state index contributed by atoms with van der Waals surface area (Å²) in [7, 11) is 2.05. The molecule has 1 fully saturated rings. The summed E-state index contributed by atoms with van der Waals surface area (Å²) in [6.45, 7) is 1.91. The van der Waals surface area contributed by atoms with E-state index in [0.717, 1.165) is 25.9 Å². The topological polar surface area (TPSA) is 405 Å². The molecule has 13 heteroatoms. The molecule has 0 radical (unpaired) electrons. The van der Waals surface area contributed by atoms with Gasteiger partial charge >= 0.3 is 0 Å². The highest BCUT2D eigenvalue weighted by atomic mass is 16.1. The second-order valence-electron chi connectivity index (χ2n) is 2.34. The van der Waals surface area contributed by atoms with Gasteiger partial charge in [0.15, 0.2) is 0 Å². The highest BCUT2D eigenvalue weighted by Gasteiger charge is 2.10. The molecule has 1 saturated heterocycles. The van der Waals surface area contributed by atoms with Gasteiger partial charge in [-0.05, 0) is 7.05 Å². The molecule has 33 N–H and O–H groups in total. The van der Waals surface area contributed by atoms with Gasteiger partial charge in [0.25, 0.3) is 0 Å². The first-order chi connectivity index (χ1) is 3.79. The quantitative estimate of drug-likeness (QED) is 0.305. The fourth-order valence-electron chi connectivity index (χ4n) is 0.868. The fraction of sp³-hybridized carbons (Fsp3) is 0.833. The van der Waals surface area contributed by atoms with Crippen LogP contribution < -0.4 is 67.7 Å². The maximum Gasteiger partial charge on any atom is 0.135 e. The van der Waals surface area contributed by atoms with Gasteiger partial charge in [-0.3, -0.25) is 4.79 Å². The molecular formula is C6H44N12O. The van der Waals surface area contributed by atoms with E-state index in [1.54, 1.807) is 0 Å². The van der Waals surface area contributed by atoms with E-state index in [-0.39, 0.29) is 67.7 Å². The van der Waals surface area contributed by atoms with Crippen LogP contribution in [0.5, 0.6) is 0 Å². The second kappa shape index (κ2) is 53.4. The Morgan fingerprint density at radius 3 is 1.00 bits per heavy atom. The number of Topliss-reactive ketones (excluding diaryl/α,β-unsaturated/α-hetero) is 1. The summed E-state index contributed by atoms with van der Waals surface area (Å²) in [5.74, 6) is 0.420. The Hall–Kier alpha value is -0.810. The molecule has 0 amide bonds. The van der Waals surface area contributed by atoms with Gasteiger partial charge < -0.3 is 72.6 Å². The molecule has 0 aromatic heterocycles. The Morgan fingerprint density at radius 2 is 0.842 bits per heavy atom. The number of likely N-dealkylation sites (tertiary alicyclic amines) is 1. The lowest BCUT2D eigenvalue weighted by atomic mass is 10.1. The molecule has 0 aromatic rings. The lowest BCUT2D eigenvalue weighted by Crippen LogP contribution is -2.29. The zero-order chi connectivity index (χ0) is 5.98. The van der Waals surface area contributed by atoms with E-state index >= 15 is 0 Å². The van der Waals surface area contributed by atoms with Crippen molar-refractivity contribution >= 4 is 5.78 Å². The van der Waals surface area contributed by atoms with Crippen molar-refractivity contribution in [3.63, 3.8) is 0 Å². The van der Waals surface area contributed by atoms with Gasteiger partial charge in [0, 0.05) is 25.9 Å². The van der Waals surface area contributed by atoms with Crippen molar-refractivity contribution in [1.82, 2.24) is 72.6 Å². The molecule has 0 bridgehead atoms. The van der Waals surface area contributed by atoms with Crippen molar-refractivity contribution < 1.29 is 4.79 Å². The van der Waals surface area contributed by atoms with Gasteiger partial charge in [0.2, 0.25) is 0 Å². The minimum atomic E-state index is 0. The third kappa shape index (κ3) is 47.0. The van der Waals surface area contributed by atoms with Crippen molar-refractivity contribution in [2.45, 2.75) is 12.8 Å². The Labute approximate surface area is 117 Å². The predicted octanol–water partition coefficient (Wildman–Crippen LogP) is 2.06. The van der Waals surface area contributed by atoms with Crippen LogP contribution in [0.2, 0.25) is 0 Å². The van der Waals surface area contributed by atoms with Crippen molar-refractivity contribution in [3.05, 3.63) is 0 Å². The second-order valence-corrected chi connectivity index (χ2v) is 2.34. The molecule has 1 aliphatic rings. The van der Waals surface area contributed by atoms with Crippen molar-refractivity contribution in [2.24, 2.45) is 0 Å². The highest BCUT2D eigenvalue weighted by molar-refractivity contribution is 5.79. The lowest BCUT2D eigenvalue weighted by Gasteiger charge is -2.19. The van der Waals surface area contributed by atoms with Gasteiger partial charge in [0.05, 0.1) is 0 Å². The van der Waals surface area contributed by atoms with Crippen LogP contribution in [0.15, 0.2) is 0 Å². The van der Waals surface area contributed by atoms with Crippen LogP contribution in [0.4, 0.5) is 0 Å². The van der Waals surface area contributed by atoms with Gasteiger partial charge in [-0.2, -0.15) is 0 Å². The standard InChI is InChI=1S/C6H11NO.11H3N/c1-7-4-2-6(8)3-5-7;;;;;;;;;;;/h2-5H2,1H3;11*1H3. The van der Waals surface area contributed by atoms with Crippen molar-refractivity contribution in [3.8, 4) is 0 Å².